The molecule has 0 aliphatic carbocycles. The van der Waals surface area contributed by atoms with E-state index in [0.717, 1.165) is 38.0 Å². The third-order valence-electron chi connectivity index (χ3n) is 9.23. The summed E-state index contributed by atoms with van der Waals surface area (Å²) >= 11 is 0. The molecule has 0 saturated carbocycles. The molecule has 2 atom stereocenters. The van der Waals surface area contributed by atoms with Crippen LogP contribution in [-0.4, -0.2) is 61.4 Å². The molecule has 7 rings (SSSR count). The summed E-state index contributed by atoms with van der Waals surface area (Å²) in [5.41, 5.74) is 3.10. The number of rotatable bonds is 9. The highest BCUT2D eigenvalue weighted by Gasteiger charge is 2.44. The Kier molecular flexibility index (Phi) is 8.05. The summed E-state index contributed by atoms with van der Waals surface area (Å²) in [6, 6.07) is 22.8. The first kappa shape index (κ1) is 31.9. The van der Waals surface area contributed by atoms with Gasteiger partial charge in [0.2, 0.25) is 11.8 Å². The molecule has 0 spiro atoms. The number of amides is 5. The fourth-order valence-electron chi connectivity index (χ4n) is 6.61. The van der Waals surface area contributed by atoms with Gasteiger partial charge in [0.1, 0.15) is 17.9 Å². The Balaban J connectivity index is 0.986. The van der Waals surface area contributed by atoms with Crippen molar-refractivity contribution in [2.45, 2.75) is 57.6 Å². The van der Waals surface area contributed by atoms with Crippen LogP contribution in [0.2, 0.25) is 0 Å². The Morgan fingerprint density at radius 3 is 2.47 bits per heavy atom. The van der Waals surface area contributed by atoms with Gasteiger partial charge in [-0.25, -0.2) is 4.98 Å². The van der Waals surface area contributed by atoms with Gasteiger partial charge < -0.3 is 15.0 Å². The normalized spacial score (nSPS) is 17.0. The predicted molar refractivity (Wildman–Crippen MR) is 180 cm³/mol. The maximum absolute atomic E-state index is 13.4. The summed E-state index contributed by atoms with van der Waals surface area (Å²) in [5.74, 6) is -2.90. The summed E-state index contributed by atoms with van der Waals surface area (Å²) < 4.78 is 2.01. The maximum atomic E-state index is 13.4. The van der Waals surface area contributed by atoms with E-state index in [1.807, 2.05) is 73.0 Å². The van der Waals surface area contributed by atoms with E-state index in [1.54, 1.807) is 6.20 Å². The highest BCUT2D eigenvalue weighted by Crippen LogP contribution is 2.30. The highest BCUT2D eigenvalue weighted by atomic mass is 16.3. The lowest BCUT2D eigenvalue weighted by Gasteiger charge is -2.27. The zero-order valence-electron chi connectivity index (χ0n) is 26.9. The molecule has 2 unspecified atom stereocenters. The van der Waals surface area contributed by atoms with E-state index in [-0.39, 0.29) is 29.5 Å². The van der Waals surface area contributed by atoms with Gasteiger partial charge in [-0.05, 0) is 67.8 Å². The zero-order chi connectivity index (χ0) is 34.4. The van der Waals surface area contributed by atoms with Crippen molar-refractivity contribution in [1.29, 1.82) is 0 Å². The fraction of sp³-hybridized carbons (Fsp3) is 0.243. The second-order valence-corrected chi connectivity index (χ2v) is 12.9. The number of piperidine rings is 1. The van der Waals surface area contributed by atoms with E-state index in [0.29, 0.717) is 13.1 Å². The van der Waals surface area contributed by atoms with Crippen molar-refractivity contribution in [1.82, 2.24) is 30.4 Å². The summed E-state index contributed by atoms with van der Waals surface area (Å²) in [5, 5.41) is 21.4. The molecule has 4 N–H and O–H groups in total. The number of aromatic nitrogens is 2. The van der Waals surface area contributed by atoms with Crippen molar-refractivity contribution in [2.75, 3.05) is 0 Å². The molecular formula is C37H34N6O6. The number of para-hydroxylation sites is 1. The number of pyridine rings is 1. The van der Waals surface area contributed by atoms with Crippen LogP contribution >= 0.6 is 0 Å². The SMILES string of the molecule is CC(C)(NC(=O)c1ccc2c(c1)C(=O)N(C1CCC(=O)NC1=O)C2=O)c1ccc(CNC(O)Cn2c3ccccc3c3cccnc32)cc1. The average Bonchev–Trinajstić information content (AvgIpc) is 3.54. The van der Waals surface area contributed by atoms with Crippen LogP contribution in [0.5, 0.6) is 0 Å². The molecule has 1 fully saturated rings. The number of nitrogens with zero attached hydrogens (tertiary/aromatic N) is 3. The van der Waals surface area contributed by atoms with Gasteiger partial charge in [-0.2, -0.15) is 0 Å². The number of hydrogen-bond donors (Lipinski definition) is 4. The smallest absolute Gasteiger partial charge is 0.262 e. The Hall–Kier alpha value is -5.72. The number of aliphatic hydroxyl groups is 1. The number of imide groups is 2. The van der Waals surface area contributed by atoms with Crippen molar-refractivity contribution in [3.8, 4) is 0 Å². The molecule has 12 nitrogen and oxygen atoms in total. The first-order valence-corrected chi connectivity index (χ1v) is 16.0. The quantitative estimate of drug-likeness (QED) is 0.138. The van der Waals surface area contributed by atoms with Crippen molar-refractivity contribution < 1.29 is 29.1 Å². The molecule has 12 heteroatoms. The topological polar surface area (TPSA) is 163 Å². The lowest BCUT2D eigenvalue weighted by molar-refractivity contribution is -0.136. The van der Waals surface area contributed by atoms with Gasteiger partial charge in [-0.3, -0.25) is 39.5 Å². The predicted octanol–water partition coefficient (Wildman–Crippen LogP) is 3.36. The van der Waals surface area contributed by atoms with Crippen molar-refractivity contribution >= 4 is 51.5 Å². The largest absolute Gasteiger partial charge is 0.377 e. The van der Waals surface area contributed by atoms with Crippen LogP contribution in [0, 0.1) is 0 Å². The van der Waals surface area contributed by atoms with Gasteiger partial charge in [0, 0.05) is 35.5 Å². The Labute approximate surface area is 281 Å². The number of nitrogens with one attached hydrogen (secondary N) is 3. The van der Waals surface area contributed by atoms with Crippen LogP contribution < -0.4 is 16.0 Å². The molecule has 2 aliphatic heterocycles. The van der Waals surface area contributed by atoms with Crippen LogP contribution in [0.4, 0.5) is 0 Å². The number of aliphatic hydroxyl groups excluding tert-OH is 1. The van der Waals surface area contributed by atoms with Gasteiger partial charge in [0.15, 0.2) is 0 Å². The maximum Gasteiger partial charge on any atom is 0.262 e. The highest BCUT2D eigenvalue weighted by molar-refractivity contribution is 6.24. The zero-order valence-corrected chi connectivity index (χ0v) is 26.9. The standard InChI is InChI=1S/C37H34N6O6/c1-37(2,41-33(46)22-11-14-26-27(18-22)36(49)43(35(26)48)29-15-16-30(44)40-34(29)47)23-12-9-21(10-13-23)19-39-31(45)20-42-28-8-4-3-6-24(28)25-7-5-17-38-32(25)42/h3-14,17-18,29,31,39,45H,15-16,19-20H2,1-2H3,(H,41,46)(H,40,44,47). The van der Waals surface area contributed by atoms with E-state index in [9.17, 15) is 29.1 Å². The lowest BCUT2D eigenvalue weighted by atomic mass is 9.92. The second-order valence-electron chi connectivity index (χ2n) is 12.9. The van der Waals surface area contributed by atoms with Crippen LogP contribution in [0.3, 0.4) is 0 Å². The van der Waals surface area contributed by atoms with Crippen LogP contribution in [0.15, 0.2) is 85.1 Å². The molecular weight excluding hydrogens is 624 g/mol. The average molecular weight is 659 g/mol. The Bertz CT molecular complexity index is 2120. The van der Waals surface area contributed by atoms with E-state index in [2.05, 4.69) is 27.0 Å². The van der Waals surface area contributed by atoms with Gasteiger partial charge in [0.25, 0.3) is 17.7 Å². The molecule has 1 saturated heterocycles. The first-order valence-electron chi connectivity index (χ1n) is 16.0. The summed E-state index contributed by atoms with van der Waals surface area (Å²) in [6.07, 6.45) is 0.986. The molecule has 248 valence electrons. The number of fused-ring (bicyclic) bond motifs is 4. The van der Waals surface area contributed by atoms with Crippen LogP contribution in [-0.2, 0) is 28.2 Å². The molecule has 49 heavy (non-hydrogen) atoms. The Morgan fingerprint density at radius 2 is 1.69 bits per heavy atom. The lowest BCUT2D eigenvalue weighted by Crippen LogP contribution is -2.54. The van der Waals surface area contributed by atoms with Gasteiger partial charge in [-0.15, -0.1) is 0 Å². The first-order chi connectivity index (χ1) is 23.5. The van der Waals surface area contributed by atoms with Crippen molar-refractivity contribution in [3.63, 3.8) is 0 Å². The molecule has 0 radical (unpaired) electrons. The second kappa shape index (κ2) is 12.4. The number of carbonyl (C=O) groups excluding carboxylic acids is 5. The third kappa shape index (κ3) is 5.85. The monoisotopic (exact) mass is 658 g/mol. The van der Waals surface area contributed by atoms with E-state index >= 15 is 0 Å². The third-order valence-corrected chi connectivity index (χ3v) is 9.23. The fourth-order valence-corrected chi connectivity index (χ4v) is 6.61. The van der Waals surface area contributed by atoms with Gasteiger partial charge in [0.05, 0.1) is 28.7 Å². The molecule has 2 aromatic heterocycles. The van der Waals surface area contributed by atoms with Gasteiger partial charge in [-0.1, -0.05) is 42.5 Å². The summed E-state index contributed by atoms with van der Waals surface area (Å²) in [7, 11) is 0. The number of carbonyl (C=O) groups is 5. The number of hydrogen-bond acceptors (Lipinski definition) is 8. The molecule has 0 bridgehead atoms. The van der Waals surface area contributed by atoms with E-state index in [4.69, 9.17) is 0 Å². The minimum absolute atomic E-state index is 0.0214. The van der Waals surface area contributed by atoms with Gasteiger partial charge >= 0.3 is 0 Å². The molecule has 5 amide bonds. The molecule has 2 aliphatic rings. The minimum atomic E-state index is -1.08. The number of benzene rings is 3. The minimum Gasteiger partial charge on any atom is -0.377 e. The molecule has 3 aromatic carbocycles. The molecule has 5 aromatic rings. The van der Waals surface area contributed by atoms with E-state index < -0.39 is 47.3 Å². The van der Waals surface area contributed by atoms with Crippen LogP contribution in [0.25, 0.3) is 21.9 Å². The summed E-state index contributed by atoms with van der Waals surface area (Å²) in [4.78, 5) is 68.9. The Morgan fingerprint density at radius 1 is 0.959 bits per heavy atom. The van der Waals surface area contributed by atoms with Crippen LogP contribution in [0.1, 0.15) is 68.9 Å². The van der Waals surface area contributed by atoms with E-state index in [1.165, 1.54) is 18.2 Å². The summed E-state index contributed by atoms with van der Waals surface area (Å²) in [6.45, 7) is 4.44. The van der Waals surface area contributed by atoms with Crippen molar-refractivity contribution in [3.05, 3.63) is 113 Å². The van der Waals surface area contributed by atoms with Crippen molar-refractivity contribution in [2.24, 2.45) is 0 Å². The molecule has 4 heterocycles.